The molecule has 120 valence electrons. The van der Waals surface area contributed by atoms with Gasteiger partial charge in [-0.3, -0.25) is 0 Å². The van der Waals surface area contributed by atoms with Crippen molar-refractivity contribution in [2.45, 2.75) is 46.1 Å². The lowest BCUT2D eigenvalue weighted by Gasteiger charge is -2.21. The molecule has 0 aliphatic heterocycles. The van der Waals surface area contributed by atoms with Gasteiger partial charge < -0.3 is 14.8 Å². The summed E-state index contributed by atoms with van der Waals surface area (Å²) in [6, 6.07) is 8.19. The first kappa shape index (κ1) is 18.0. The normalized spacial score (nSPS) is 13.9. The van der Waals surface area contributed by atoms with Gasteiger partial charge >= 0.3 is 0 Å². The summed E-state index contributed by atoms with van der Waals surface area (Å²) in [6.07, 6.45) is 3.65. The Balaban J connectivity index is 2.65. The molecule has 1 N–H and O–H groups in total. The van der Waals surface area contributed by atoms with Gasteiger partial charge in [0.15, 0.2) is 0 Å². The largest absolute Gasteiger partial charge is 0.497 e. The maximum Gasteiger partial charge on any atom is 0.119 e. The molecule has 2 unspecified atom stereocenters. The number of rotatable bonds is 11. The second-order valence-electron chi connectivity index (χ2n) is 5.70. The van der Waals surface area contributed by atoms with E-state index in [2.05, 4.69) is 38.2 Å². The fraction of sp³-hybridized carbons (Fsp3) is 0.667. The predicted octanol–water partition coefficient (Wildman–Crippen LogP) is 4.19. The SMILES string of the molecule is CCCNCC(OCC(C)CCC)c1cccc(OC)c1. The van der Waals surface area contributed by atoms with Gasteiger partial charge in [-0.25, -0.2) is 0 Å². The number of hydrogen-bond donors (Lipinski definition) is 1. The van der Waals surface area contributed by atoms with Crippen molar-refractivity contribution in [1.29, 1.82) is 0 Å². The van der Waals surface area contributed by atoms with E-state index in [9.17, 15) is 0 Å². The minimum atomic E-state index is 0.0888. The molecule has 1 rings (SSSR count). The zero-order valence-corrected chi connectivity index (χ0v) is 14.0. The maximum atomic E-state index is 6.17. The first-order valence-electron chi connectivity index (χ1n) is 8.17. The van der Waals surface area contributed by atoms with Gasteiger partial charge in [0.25, 0.3) is 0 Å². The highest BCUT2D eigenvalue weighted by atomic mass is 16.5. The first-order valence-corrected chi connectivity index (χ1v) is 8.17. The van der Waals surface area contributed by atoms with Crippen molar-refractivity contribution in [2.75, 3.05) is 26.8 Å². The van der Waals surface area contributed by atoms with Gasteiger partial charge in [0.2, 0.25) is 0 Å². The molecule has 0 radical (unpaired) electrons. The van der Waals surface area contributed by atoms with Crippen LogP contribution in [0.3, 0.4) is 0 Å². The second-order valence-corrected chi connectivity index (χ2v) is 5.70. The Hall–Kier alpha value is -1.06. The molecule has 0 aliphatic rings. The lowest BCUT2D eigenvalue weighted by Crippen LogP contribution is -2.25. The molecular weight excluding hydrogens is 262 g/mol. The monoisotopic (exact) mass is 293 g/mol. The molecule has 0 aliphatic carbocycles. The van der Waals surface area contributed by atoms with E-state index in [4.69, 9.17) is 9.47 Å². The molecular formula is C18H31NO2. The Morgan fingerprint density at radius 1 is 1.19 bits per heavy atom. The van der Waals surface area contributed by atoms with Gasteiger partial charge in [0, 0.05) is 6.54 Å². The third-order valence-corrected chi connectivity index (χ3v) is 3.59. The van der Waals surface area contributed by atoms with Gasteiger partial charge in [-0.2, -0.15) is 0 Å². The van der Waals surface area contributed by atoms with E-state index < -0.39 is 0 Å². The molecule has 21 heavy (non-hydrogen) atoms. The summed E-state index contributed by atoms with van der Waals surface area (Å²) in [7, 11) is 1.70. The van der Waals surface area contributed by atoms with Crippen molar-refractivity contribution in [3.63, 3.8) is 0 Å². The number of hydrogen-bond acceptors (Lipinski definition) is 3. The van der Waals surface area contributed by atoms with Gasteiger partial charge in [-0.05, 0) is 43.0 Å². The lowest BCUT2D eigenvalue weighted by molar-refractivity contribution is 0.0299. The highest BCUT2D eigenvalue weighted by Gasteiger charge is 2.14. The van der Waals surface area contributed by atoms with Crippen molar-refractivity contribution in [3.05, 3.63) is 29.8 Å². The molecule has 0 saturated carbocycles. The summed E-state index contributed by atoms with van der Waals surface area (Å²) in [6.45, 7) is 9.33. The van der Waals surface area contributed by atoms with E-state index in [1.165, 1.54) is 18.4 Å². The summed E-state index contributed by atoms with van der Waals surface area (Å²) in [5.41, 5.74) is 1.18. The van der Waals surface area contributed by atoms with Crippen molar-refractivity contribution in [2.24, 2.45) is 5.92 Å². The third kappa shape index (κ3) is 6.96. The average Bonchev–Trinajstić information content (AvgIpc) is 2.51. The minimum absolute atomic E-state index is 0.0888. The molecule has 2 atom stereocenters. The van der Waals surface area contributed by atoms with E-state index in [0.717, 1.165) is 31.9 Å². The molecule has 0 amide bonds. The summed E-state index contributed by atoms with van der Waals surface area (Å²) >= 11 is 0. The van der Waals surface area contributed by atoms with Crippen LogP contribution in [0.1, 0.15) is 51.7 Å². The Kier molecular flexibility index (Phi) is 9.11. The standard InChI is InChI=1S/C18H31NO2/c1-5-8-15(3)14-21-18(13-19-11-6-2)16-9-7-10-17(12-16)20-4/h7,9-10,12,15,18-19H,5-6,8,11,13-14H2,1-4H3. The van der Waals surface area contributed by atoms with E-state index >= 15 is 0 Å². The van der Waals surface area contributed by atoms with E-state index in [1.54, 1.807) is 7.11 Å². The molecule has 3 heteroatoms. The van der Waals surface area contributed by atoms with Gasteiger partial charge in [-0.15, -0.1) is 0 Å². The molecule has 1 aromatic rings. The molecule has 0 aromatic heterocycles. The Labute approximate surface area is 130 Å². The second kappa shape index (κ2) is 10.6. The third-order valence-electron chi connectivity index (χ3n) is 3.59. The molecule has 0 saturated heterocycles. The van der Waals surface area contributed by atoms with Crippen molar-refractivity contribution >= 4 is 0 Å². The lowest BCUT2D eigenvalue weighted by atomic mass is 10.1. The van der Waals surface area contributed by atoms with E-state index in [-0.39, 0.29) is 6.10 Å². The molecule has 0 spiro atoms. The predicted molar refractivity (Wildman–Crippen MR) is 88.9 cm³/mol. The summed E-state index contributed by atoms with van der Waals surface area (Å²) in [5, 5.41) is 3.46. The fourth-order valence-corrected chi connectivity index (χ4v) is 2.38. The average molecular weight is 293 g/mol. The quantitative estimate of drug-likeness (QED) is 0.621. The maximum absolute atomic E-state index is 6.17. The molecule has 0 bridgehead atoms. The Morgan fingerprint density at radius 3 is 2.67 bits per heavy atom. The van der Waals surface area contributed by atoms with Crippen LogP contribution >= 0.6 is 0 Å². The van der Waals surface area contributed by atoms with Crippen LogP contribution in [0.25, 0.3) is 0 Å². The minimum Gasteiger partial charge on any atom is -0.497 e. The number of ether oxygens (including phenoxy) is 2. The smallest absolute Gasteiger partial charge is 0.119 e. The summed E-state index contributed by atoms with van der Waals surface area (Å²) in [5.74, 6) is 1.49. The number of nitrogens with one attached hydrogen (secondary N) is 1. The van der Waals surface area contributed by atoms with E-state index in [0.29, 0.717) is 5.92 Å². The van der Waals surface area contributed by atoms with Crippen LogP contribution in [-0.4, -0.2) is 26.8 Å². The van der Waals surface area contributed by atoms with Crippen LogP contribution in [-0.2, 0) is 4.74 Å². The van der Waals surface area contributed by atoms with Crippen LogP contribution in [0.5, 0.6) is 5.75 Å². The van der Waals surface area contributed by atoms with Crippen LogP contribution in [0.4, 0.5) is 0 Å². The highest BCUT2D eigenvalue weighted by molar-refractivity contribution is 5.30. The topological polar surface area (TPSA) is 30.5 Å². The number of benzene rings is 1. The Bertz CT molecular complexity index is 381. The van der Waals surface area contributed by atoms with Gasteiger partial charge in [-0.1, -0.05) is 39.3 Å². The van der Waals surface area contributed by atoms with Gasteiger partial charge in [0.1, 0.15) is 5.75 Å². The van der Waals surface area contributed by atoms with Crippen LogP contribution < -0.4 is 10.1 Å². The molecule has 0 fully saturated rings. The zero-order valence-electron chi connectivity index (χ0n) is 14.0. The van der Waals surface area contributed by atoms with Crippen LogP contribution in [0, 0.1) is 5.92 Å². The van der Waals surface area contributed by atoms with E-state index in [1.807, 2.05) is 12.1 Å². The van der Waals surface area contributed by atoms with Crippen molar-refractivity contribution in [1.82, 2.24) is 5.32 Å². The van der Waals surface area contributed by atoms with Crippen molar-refractivity contribution < 1.29 is 9.47 Å². The highest BCUT2D eigenvalue weighted by Crippen LogP contribution is 2.23. The molecule has 1 aromatic carbocycles. The van der Waals surface area contributed by atoms with Gasteiger partial charge in [0.05, 0.1) is 19.8 Å². The molecule has 0 heterocycles. The molecule has 3 nitrogen and oxygen atoms in total. The van der Waals surface area contributed by atoms with Crippen LogP contribution in [0.2, 0.25) is 0 Å². The zero-order chi connectivity index (χ0) is 15.5. The van der Waals surface area contributed by atoms with Crippen LogP contribution in [0.15, 0.2) is 24.3 Å². The Morgan fingerprint density at radius 2 is 2.00 bits per heavy atom. The summed E-state index contributed by atoms with van der Waals surface area (Å²) in [4.78, 5) is 0. The number of methoxy groups -OCH3 is 1. The van der Waals surface area contributed by atoms with Crippen molar-refractivity contribution in [3.8, 4) is 5.75 Å². The fourth-order valence-electron chi connectivity index (χ4n) is 2.38. The first-order chi connectivity index (χ1) is 10.2. The summed E-state index contributed by atoms with van der Waals surface area (Å²) < 4.78 is 11.5.